The minimum Gasteiger partial charge on any atom is -0.469 e. The number of rotatable bonds is 5. The van der Waals surface area contributed by atoms with Gasteiger partial charge in [0.25, 0.3) is 0 Å². The van der Waals surface area contributed by atoms with Crippen LogP contribution in [0.1, 0.15) is 24.8 Å². The van der Waals surface area contributed by atoms with Gasteiger partial charge in [-0.2, -0.15) is 0 Å². The molecule has 21 heavy (non-hydrogen) atoms. The Hall–Kier alpha value is -2.20. The summed E-state index contributed by atoms with van der Waals surface area (Å²) in [6.07, 6.45) is 3.37. The first-order chi connectivity index (χ1) is 10.1. The fraction of sp³-hybridized carbons (Fsp3) is 0.294. The second kappa shape index (κ2) is 6.99. The zero-order valence-electron chi connectivity index (χ0n) is 11.9. The number of ether oxygens (including phenoxy) is 1. The highest BCUT2D eigenvalue weighted by Crippen LogP contribution is 2.28. The zero-order valence-corrected chi connectivity index (χ0v) is 11.9. The second-order valence-corrected chi connectivity index (χ2v) is 4.90. The average molecular weight is 286 g/mol. The number of esters is 1. The van der Waals surface area contributed by atoms with Crippen molar-refractivity contribution in [3.05, 3.63) is 53.1 Å². The molecule has 0 saturated heterocycles. The second-order valence-electron chi connectivity index (χ2n) is 4.90. The number of aliphatic hydroxyl groups excluding tert-OH is 1. The first kappa shape index (κ1) is 15.2. The van der Waals surface area contributed by atoms with Gasteiger partial charge in [-0.1, -0.05) is 42.5 Å². The van der Waals surface area contributed by atoms with E-state index in [9.17, 15) is 14.7 Å². The molecule has 4 heteroatoms. The van der Waals surface area contributed by atoms with Crippen molar-refractivity contribution in [3.8, 4) is 0 Å². The van der Waals surface area contributed by atoms with Crippen molar-refractivity contribution in [2.75, 3.05) is 7.11 Å². The van der Waals surface area contributed by atoms with Gasteiger partial charge in [0.05, 0.1) is 13.2 Å². The molecule has 1 atom stereocenters. The molecule has 0 bridgehead atoms. The number of carbonyl (C=O) groups is 2. The van der Waals surface area contributed by atoms with Crippen LogP contribution in [0.3, 0.4) is 0 Å². The predicted molar refractivity (Wildman–Crippen MR) is 79.4 cm³/mol. The Labute approximate surface area is 123 Å². The summed E-state index contributed by atoms with van der Waals surface area (Å²) in [6.45, 7) is 0. The van der Waals surface area contributed by atoms with E-state index >= 15 is 0 Å². The van der Waals surface area contributed by atoms with Crippen molar-refractivity contribution in [2.24, 2.45) is 0 Å². The highest BCUT2D eigenvalue weighted by atomic mass is 16.5. The Balaban J connectivity index is 2.18. The van der Waals surface area contributed by atoms with Crippen LogP contribution in [-0.2, 0) is 14.3 Å². The number of hydrogen-bond acceptors (Lipinski definition) is 4. The highest BCUT2D eigenvalue weighted by molar-refractivity contribution is 6.00. The van der Waals surface area contributed by atoms with E-state index in [1.807, 2.05) is 36.4 Å². The Kier molecular flexibility index (Phi) is 5.06. The number of benzene rings is 1. The molecule has 1 unspecified atom stereocenters. The lowest BCUT2D eigenvalue weighted by molar-refractivity contribution is -0.140. The van der Waals surface area contributed by atoms with Gasteiger partial charge >= 0.3 is 5.97 Å². The lowest BCUT2D eigenvalue weighted by Crippen LogP contribution is -2.04. The Morgan fingerprint density at radius 2 is 2.05 bits per heavy atom. The van der Waals surface area contributed by atoms with E-state index in [1.54, 1.807) is 6.08 Å². The summed E-state index contributed by atoms with van der Waals surface area (Å²) >= 11 is 0. The monoisotopic (exact) mass is 286 g/mol. The van der Waals surface area contributed by atoms with Crippen molar-refractivity contribution < 1.29 is 19.4 Å². The molecule has 0 radical (unpaired) electrons. The molecular weight excluding hydrogens is 268 g/mol. The normalized spacial score (nSPS) is 18.6. The molecule has 1 aliphatic rings. The van der Waals surface area contributed by atoms with Crippen LogP contribution in [0, 0.1) is 0 Å². The Morgan fingerprint density at radius 1 is 1.33 bits per heavy atom. The summed E-state index contributed by atoms with van der Waals surface area (Å²) in [6, 6.07) is 9.64. The first-order valence-electron chi connectivity index (χ1n) is 6.86. The number of carbonyl (C=O) groups excluding carboxylic acids is 2. The molecular formula is C17H18O4. The third-order valence-electron chi connectivity index (χ3n) is 3.48. The predicted octanol–water partition coefficient (Wildman–Crippen LogP) is 2.28. The van der Waals surface area contributed by atoms with E-state index in [-0.39, 0.29) is 24.6 Å². The van der Waals surface area contributed by atoms with E-state index in [0.29, 0.717) is 17.6 Å². The summed E-state index contributed by atoms with van der Waals surface area (Å²) in [5, 5.41) is 9.98. The van der Waals surface area contributed by atoms with Crippen molar-refractivity contribution in [1.29, 1.82) is 0 Å². The van der Waals surface area contributed by atoms with Crippen molar-refractivity contribution in [1.82, 2.24) is 0 Å². The van der Waals surface area contributed by atoms with Crippen LogP contribution < -0.4 is 0 Å². The maximum absolute atomic E-state index is 11.9. The highest BCUT2D eigenvalue weighted by Gasteiger charge is 2.29. The van der Waals surface area contributed by atoms with Crippen molar-refractivity contribution in [3.63, 3.8) is 0 Å². The smallest absolute Gasteiger partial charge is 0.305 e. The largest absolute Gasteiger partial charge is 0.469 e. The summed E-state index contributed by atoms with van der Waals surface area (Å²) < 4.78 is 4.58. The number of ketones is 1. The van der Waals surface area contributed by atoms with E-state index < -0.39 is 6.10 Å². The van der Waals surface area contributed by atoms with Gasteiger partial charge < -0.3 is 9.84 Å². The summed E-state index contributed by atoms with van der Waals surface area (Å²) in [4.78, 5) is 23.1. The first-order valence-corrected chi connectivity index (χ1v) is 6.86. The SMILES string of the molecule is COC(=O)CCC1=C(C=Cc2ccccc2)C(O)CC1=O. The Bertz CT molecular complexity index is 584. The molecule has 0 heterocycles. The van der Waals surface area contributed by atoms with Crippen LogP contribution in [-0.4, -0.2) is 30.1 Å². The van der Waals surface area contributed by atoms with Crippen LogP contribution in [0.4, 0.5) is 0 Å². The number of aliphatic hydroxyl groups is 1. The van der Waals surface area contributed by atoms with Crippen LogP contribution in [0.25, 0.3) is 6.08 Å². The van der Waals surface area contributed by atoms with Gasteiger partial charge in [0.1, 0.15) is 0 Å². The molecule has 0 amide bonds. The number of hydrogen-bond donors (Lipinski definition) is 1. The van der Waals surface area contributed by atoms with Crippen LogP contribution in [0.2, 0.25) is 0 Å². The molecule has 0 aromatic heterocycles. The molecule has 1 aromatic carbocycles. The van der Waals surface area contributed by atoms with E-state index in [0.717, 1.165) is 5.56 Å². The third kappa shape index (κ3) is 3.89. The zero-order chi connectivity index (χ0) is 15.2. The molecule has 0 spiro atoms. The van der Waals surface area contributed by atoms with Gasteiger partial charge in [-0.3, -0.25) is 9.59 Å². The molecule has 110 valence electrons. The van der Waals surface area contributed by atoms with Gasteiger partial charge in [0.2, 0.25) is 0 Å². The van der Waals surface area contributed by atoms with Crippen molar-refractivity contribution >= 4 is 17.8 Å². The van der Waals surface area contributed by atoms with Crippen molar-refractivity contribution in [2.45, 2.75) is 25.4 Å². The van der Waals surface area contributed by atoms with Crippen LogP contribution >= 0.6 is 0 Å². The number of methoxy groups -OCH3 is 1. The minimum atomic E-state index is -0.787. The maximum atomic E-state index is 11.9. The average Bonchev–Trinajstić information content (AvgIpc) is 2.77. The van der Waals surface area contributed by atoms with Crippen LogP contribution in [0.15, 0.2) is 47.6 Å². The lowest BCUT2D eigenvalue weighted by atomic mass is 10.0. The third-order valence-corrected chi connectivity index (χ3v) is 3.48. The fourth-order valence-electron chi connectivity index (χ4n) is 2.35. The topological polar surface area (TPSA) is 63.6 Å². The standard InChI is InChI=1S/C17H18O4/c1-21-17(20)10-9-14-13(15(18)11-16(14)19)8-7-12-5-3-2-4-6-12/h2-8,15,18H,9-11H2,1H3. The van der Waals surface area contributed by atoms with E-state index in [1.165, 1.54) is 7.11 Å². The summed E-state index contributed by atoms with van der Waals surface area (Å²) in [5.41, 5.74) is 2.12. The van der Waals surface area contributed by atoms with Gasteiger partial charge in [-0.15, -0.1) is 0 Å². The molecule has 2 rings (SSSR count). The van der Waals surface area contributed by atoms with E-state index in [4.69, 9.17) is 0 Å². The number of Topliss-reactive ketones (excluding diaryl/α,β-unsaturated/α-hetero) is 1. The minimum absolute atomic E-state index is 0.0883. The molecule has 4 nitrogen and oxygen atoms in total. The molecule has 1 N–H and O–H groups in total. The summed E-state index contributed by atoms with van der Waals surface area (Å²) in [5.74, 6) is -0.456. The lowest BCUT2D eigenvalue weighted by Gasteiger charge is -2.05. The molecule has 0 saturated carbocycles. The summed E-state index contributed by atoms with van der Waals surface area (Å²) in [7, 11) is 1.32. The van der Waals surface area contributed by atoms with Crippen LogP contribution in [0.5, 0.6) is 0 Å². The molecule has 1 aliphatic carbocycles. The van der Waals surface area contributed by atoms with Gasteiger partial charge in [-0.25, -0.2) is 0 Å². The van der Waals surface area contributed by atoms with Gasteiger partial charge in [-0.05, 0) is 17.6 Å². The molecule has 0 fully saturated rings. The molecule has 0 aliphatic heterocycles. The van der Waals surface area contributed by atoms with Gasteiger partial charge in [0.15, 0.2) is 5.78 Å². The van der Waals surface area contributed by atoms with E-state index in [2.05, 4.69) is 4.74 Å². The Morgan fingerprint density at radius 3 is 2.71 bits per heavy atom. The fourth-order valence-corrected chi connectivity index (χ4v) is 2.35. The molecule has 1 aromatic rings. The quantitative estimate of drug-likeness (QED) is 0.843. The maximum Gasteiger partial charge on any atom is 0.305 e. The van der Waals surface area contributed by atoms with Gasteiger partial charge in [0, 0.05) is 18.4 Å². The number of allylic oxidation sites excluding steroid dienone is 1.